The van der Waals surface area contributed by atoms with Crippen LogP contribution in [0.1, 0.15) is 16.8 Å². The van der Waals surface area contributed by atoms with Crippen LogP contribution in [0.25, 0.3) is 0 Å². The monoisotopic (exact) mass is 245 g/mol. The van der Waals surface area contributed by atoms with Crippen LogP contribution in [-0.4, -0.2) is 20.0 Å². The molecule has 0 aliphatic carbocycles. The average molecular weight is 245 g/mol. The van der Waals surface area contributed by atoms with Crippen molar-refractivity contribution in [3.63, 3.8) is 0 Å². The first-order valence-electron chi connectivity index (χ1n) is 5.02. The number of rotatable bonds is 2. The lowest BCUT2D eigenvalue weighted by Crippen LogP contribution is -1.98. The molecule has 0 bridgehead atoms. The Bertz CT molecular complexity index is 596. The third-order valence-corrected chi connectivity index (χ3v) is 3.36. The molecule has 0 N–H and O–H groups in total. The molecule has 0 aliphatic rings. The largest absolute Gasteiger partial charge is 0.275 e. The molecular weight excluding hydrogens is 234 g/mol. The summed E-state index contributed by atoms with van der Waals surface area (Å²) in [5, 5.41) is 22.0. The molecule has 0 saturated carbocycles. The fraction of sp³-hybridized carbons (Fsp3) is 0.273. The van der Waals surface area contributed by atoms with Gasteiger partial charge >= 0.3 is 0 Å². The van der Waals surface area contributed by atoms with E-state index >= 15 is 0 Å². The molecule has 6 heteroatoms. The van der Waals surface area contributed by atoms with Crippen molar-refractivity contribution in [3.05, 3.63) is 29.2 Å². The van der Waals surface area contributed by atoms with Gasteiger partial charge < -0.3 is 0 Å². The minimum Gasteiger partial charge on any atom is -0.275 e. The molecule has 0 aliphatic heterocycles. The normalized spacial score (nSPS) is 10.2. The van der Waals surface area contributed by atoms with Crippen molar-refractivity contribution in [2.24, 2.45) is 7.05 Å². The van der Waals surface area contributed by atoms with Crippen LogP contribution in [0.4, 0.5) is 0 Å². The molecule has 0 saturated heterocycles. The highest BCUT2D eigenvalue weighted by atomic mass is 32.2. The van der Waals surface area contributed by atoms with Gasteiger partial charge in [-0.15, -0.1) is 5.10 Å². The summed E-state index contributed by atoms with van der Waals surface area (Å²) in [4.78, 5) is 0.946. The summed E-state index contributed by atoms with van der Waals surface area (Å²) < 4.78 is 1.71. The van der Waals surface area contributed by atoms with Crippen molar-refractivity contribution < 1.29 is 0 Å². The Kier molecular flexibility index (Phi) is 3.11. The Balaban J connectivity index is 2.40. The predicted octanol–water partition coefficient (Wildman–Crippen LogP) is 1.85. The minimum absolute atomic E-state index is 0.589. The Labute approximate surface area is 103 Å². The fourth-order valence-corrected chi connectivity index (χ4v) is 2.26. The number of hydrogen-bond acceptors (Lipinski definition) is 5. The molecule has 0 unspecified atom stereocenters. The minimum atomic E-state index is 0.589. The summed E-state index contributed by atoms with van der Waals surface area (Å²) in [6.45, 7) is 3.73. The maximum Gasteiger partial charge on any atom is 0.142 e. The maximum atomic E-state index is 9.15. The second-order valence-electron chi connectivity index (χ2n) is 3.65. The van der Waals surface area contributed by atoms with Crippen molar-refractivity contribution in [1.82, 2.24) is 20.0 Å². The SMILES string of the molecule is Cc1nnc(Sc2cnn(C)c2)c(C#N)c1C. The molecule has 0 spiro atoms. The molecule has 0 fully saturated rings. The topological polar surface area (TPSA) is 67.4 Å². The van der Waals surface area contributed by atoms with E-state index < -0.39 is 0 Å². The van der Waals surface area contributed by atoms with E-state index in [1.54, 1.807) is 10.9 Å². The summed E-state index contributed by atoms with van der Waals surface area (Å²) in [6, 6.07) is 2.18. The number of nitriles is 1. The second kappa shape index (κ2) is 4.55. The molecule has 2 rings (SSSR count). The number of hydrogen-bond donors (Lipinski definition) is 0. The van der Waals surface area contributed by atoms with Crippen LogP contribution in [0.2, 0.25) is 0 Å². The van der Waals surface area contributed by atoms with Crippen LogP contribution in [0.5, 0.6) is 0 Å². The summed E-state index contributed by atoms with van der Waals surface area (Å²) in [5.41, 5.74) is 2.26. The molecular formula is C11H11N5S. The molecule has 0 amide bonds. The zero-order valence-corrected chi connectivity index (χ0v) is 10.6. The van der Waals surface area contributed by atoms with Gasteiger partial charge in [0.05, 0.1) is 22.3 Å². The lowest BCUT2D eigenvalue weighted by atomic mass is 10.1. The predicted molar refractivity (Wildman–Crippen MR) is 63.6 cm³/mol. The van der Waals surface area contributed by atoms with Gasteiger partial charge in [0.2, 0.25) is 0 Å². The third kappa shape index (κ3) is 2.29. The highest BCUT2D eigenvalue weighted by Crippen LogP contribution is 2.29. The Hall–Kier alpha value is -1.87. The van der Waals surface area contributed by atoms with Crippen molar-refractivity contribution >= 4 is 11.8 Å². The van der Waals surface area contributed by atoms with Crippen LogP contribution in [-0.2, 0) is 7.05 Å². The first-order valence-corrected chi connectivity index (χ1v) is 5.84. The van der Waals surface area contributed by atoms with Gasteiger partial charge in [0, 0.05) is 13.2 Å². The van der Waals surface area contributed by atoms with Gasteiger partial charge in [-0.25, -0.2) is 0 Å². The van der Waals surface area contributed by atoms with Crippen molar-refractivity contribution in [1.29, 1.82) is 5.26 Å². The van der Waals surface area contributed by atoms with Crippen LogP contribution in [0.3, 0.4) is 0 Å². The molecule has 2 aromatic heterocycles. The molecule has 17 heavy (non-hydrogen) atoms. The molecule has 86 valence electrons. The second-order valence-corrected chi connectivity index (χ2v) is 4.72. The Morgan fingerprint density at radius 3 is 2.71 bits per heavy atom. The lowest BCUT2D eigenvalue weighted by molar-refractivity contribution is 0.766. The molecule has 0 atom stereocenters. The number of aromatic nitrogens is 4. The summed E-state index contributed by atoms with van der Waals surface area (Å²) >= 11 is 1.40. The van der Waals surface area contributed by atoms with Crippen LogP contribution < -0.4 is 0 Å². The van der Waals surface area contributed by atoms with E-state index in [-0.39, 0.29) is 0 Å². The first-order chi connectivity index (χ1) is 8.11. The van der Waals surface area contributed by atoms with Gasteiger partial charge in [-0.05, 0) is 19.4 Å². The van der Waals surface area contributed by atoms with Crippen LogP contribution in [0.15, 0.2) is 22.3 Å². The van der Waals surface area contributed by atoms with E-state index in [1.807, 2.05) is 27.1 Å². The standard InChI is InChI=1S/C11H11N5S/c1-7-8(2)14-15-11(10(7)4-12)17-9-5-13-16(3)6-9/h5-6H,1-3H3. The van der Waals surface area contributed by atoms with E-state index in [0.717, 1.165) is 16.2 Å². The first kappa shape index (κ1) is 11.6. The van der Waals surface area contributed by atoms with Gasteiger partial charge in [-0.2, -0.15) is 15.5 Å². The van der Waals surface area contributed by atoms with Crippen LogP contribution in [0, 0.1) is 25.2 Å². The number of aryl methyl sites for hydroxylation is 2. The van der Waals surface area contributed by atoms with Gasteiger partial charge in [-0.1, -0.05) is 11.8 Å². The maximum absolute atomic E-state index is 9.15. The van der Waals surface area contributed by atoms with E-state index in [2.05, 4.69) is 21.4 Å². The summed E-state index contributed by atoms with van der Waals surface area (Å²) in [6.07, 6.45) is 3.62. The highest BCUT2D eigenvalue weighted by molar-refractivity contribution is 7.99. The average Bonchev–Trinajstić information content (AvgIpc) is 2.70. The lowest BCUT2D eigenvalue weighted by Gasteiger charge is -2.04. The quantitative estimate of drug-likeness (QED) is 0.807. The zero-order chi connectivity index (χ0) is 12.4. The Morgan fingerprint density at radius 1 is 1.35 bits per heavy atom. The number of nitrogens with zero attached hydrogens (tertiary/aromatic N) is 5. The zero-order valence-electron chi connectivity index (χ0n) is 9.80. The highest BCUT2D eigenvalue weighted by Gasteiger charge is 2.12. The summed E-state index contributed by atoms with van der Waals surface area (Å²) in [5.74, 6) is 0. The summed E-state index contributed by atoms with van der Waals surface area (Å²) in [7, 11) is 1.85. The van der Waals surface area contributed by atoms with Gasteiger partial charge in [0.25, 0.3) is 0 Å². The van der Waals surface area contributed by atoms with E-state index in [1.165, 1.54) is 11.8 Å². The van der Waals surface area contributed by atoms with Crippen molar-refractivity contribution in [2.45, 2.75) is 23.8 Å². The van der Waals surface area contributed by atoms with Gasteiger partial charge in [0.1, 0.15) is 11.1 Å². The van der Waals surface area contributed by atoms with E-state index in [9.17, 15) is 0 Å². The molecule has 0 aromatic carbocycles. The molecule has 2 aromatic rings. The van der Waals surface area contributed by atoms with E-state index in [4.69, 9.17) is 5.26 Å². The van der Waals surface area contributed by atoms with Gasteiger partial charge in [-0.3, -0.25) is 4.68 Å². The third-order valence-electron chi connectivity index (χ3n) is 2.43. The molecule has 2 heterocycles. The Morgan fingerprint density at radius 2 is 2.12 bits per heavy atom. The van der Waals surface area contributed by atoms with Crippen molar-refractivity contribution in [3.8, 4) is 6.07 Å². The van der Waals surface area contributed by atoms with E-state index in [0.29, 0.717) is 10.6 Å². The molecule has 5 nitrogen and oxygen atoms in total. The van der Waals surface area contributed by atoms with Crippen LogP contribution >= 0.6 is 11.8 Å². The van der Waals surface area contributed by atoms with Gasteiger partial charge in [0.15, 0.2) is 0 Å². The van der Waals surface area contributed by atoms with Crippen molar-refractivity contribution in [2.75, 3.05) is 0 Å². The smallest absolute Gasteiger partial charge is 0.142 e. The fourth-order valence-electron chi connectivity index (χ4n) is 1.35. The molecule has 0 radical (unpaired) electrons.